The molecule has 0 saturated heterocycles. The smallest absolute Gasteiger partial charge is 0.237 e. The van der Waals surface area contributed by atoms with Crippen molar-refractivity contribution in [2.45, 2.75) is 13.0 Å². The maximum absolute atomic E-state index is 9.93. The van der Waals surface area contributed by atoms with Gasteiger partial charge in [0.05, 0.1) is 0 Å². The van der Waals surface area contributed by atoms with E-state index in [-0.39, 0.29) is 17.4 Å². The Labute approximate surface area is 70.5 Å². The van der Waals surface area contributed by atoms with Crippen LogP contribution in [0.4, 0.5) is 0 Å². The lowest BCUT2D eigenvalue weighted by Crippen LogP contribution is -2.13. The molecule has 0 aromatic rings. The fourth-order valence-corrected chi connectivity index (χ4v) is 3.22. The fraction of sp³-hybridized carbons (Fsp3) is 1.00. The van der Waals surface area contributed by atoms with Crippen molar-refractivity contribution in [1.29, 1.82) is 0 Å². The van der Waals surface area contributed by atoms with Crippen LogP contribution in [0.5, 0.6) is 0 Å². The zero-order valence-corrected chi connectivity index (χ0v) is 8.26. The molecule has 0 amide bonds. The molecule has 0 fully saturated rings. The Morgan fingerprint density at radius 1 is 1.70 bits per heavy atom. The topological polar surface area (TPSA) is 43.1 Å². The number of hydrogen-bond donors (Lipinski definition) is 0. The Morgan fingerprint density at radius 2 is 2.20 bits per heavy atom. The Balaban J connectivity index is 3.43. The van der Waals surface area contributed by atoms with E-state index in [4.69, 9.17) is 22.2 Å². The monoisotopic (exact) mass is 201 g/mol. The van der Waals surface area contributed by atoms with Gasteiger partial charge in [-0.3, -0.25) is 10.1 Å². The SMILES string of the molecule is CC(C[N+](=O)[O-])C[SiH](Cl)Cl. The Kier molecular flexibility index (Phi) is 5.03. The van der Waals surface area contributed by atoms with Crippen LogP contribution in [-0.2, 0) is 0 Å². The molecule has 0 aromatic carbocycles. The van der Waals surface area contributed by atoms with Crippen LogP contribution in [0.3, 0.4) is 0 Å². The van der Waals surface area contributed by atoms with Crippen molar-refractivity contribution in [3.8, 4) is 0 Å². The number of rotatable bonds is 4. The summed E-state index contributed by atoms with van der Waals surface area (Å²) in [6.07, 6.45) is 0. The second kappa shape index (κ2) is 4.93. The molecule has 0 saturated carbocycles. The Bertz CT molecular complexity index is 122. The first kappa shape index (κ1) is 10.2. The molecule has 0 rings (SSSR count). The summed E-state index contributed by atoms with van der Waals surface area (Å²) >= 11 is 11.1. The van der Waals surface area contributed by atoms with Gasteiger partial charge in [0.15, 0.2) is 0 Å². The predicted molar refractivity (Wildman–Crippen MR) is 44.7 cm³/mol. The zero-order valence-electron chi connectivity index (χ0n) is 5.59. The minimum absolute atomic E-state index is 0.0154. The zero-order chi connectivity index (χ0) is 8.15. The highest BCUT2D eigenvalue weighted by Gasteiger charge is 2.14. The second-order valence-corrected chi connectivity index (χ2v) is 7.33. The molecular weight excluding hydrogens is 193 g/mol. The highest BCUT2D eigenvalue weighted by atomic mass is 35.7. The van der Waals surface area contributed by atoms with Gasteiger partial charge in [-0.05, 0) is 6.04 Å². The highest BCUT2D eigenvalue weighted by Crippen LogP contribution is 2.12. The lowest BCUT2D eigenvalue weighted by molar-refractivity contribution is -0.486. The van der Waals surface area contributed by atoms with Gasteiger partial charge in [-0.2, -0.15) is 22.2 Å². The third-order valence-electron chi connectivity index (χ3n) is 1.04. The first-order valence-electron chi connectivity index (χ1n) is 2.92. The van der Waals surface area contributed by atoms with Gasteiger partial charge >= 0.3 is 0 Å². The largest absolute Gasteiger partial charge is 0.265 e. The average molecular weight is 202 g/mol. The predicted octanol–water partition coefficient (Wildman–Crippen LogP) is 1.60. The third kappa shape index (κ3) is 6.32. The minimum atomic E-state index is -1.65. The van der Waals surface area contributed by atoms with Crippen molar-refractivity contribution in [1.82, 2.24) is 0 Å². The lowest BCUT2D eigenvalue weighted by Gasteiger charge is -2.03. The van der Waals surface area contributed by atoms with E-state index in [0.29, 0.717) is 6.04 Å². The van der Waals surface area contributed by atoms with Crippen molar-refractivity contribution in [2.24, 2.45) is 5.92 Å². The summed E-state index contributed by atoms with van der Waals surface area (Å²) in [4.78, 5) is 9.59. The van der Waals surface area contributed by atoms with Gasteiger partial charge in [0.25, 0.3) is 0 Å². The van der Waals surface area contributed by atoms with Crippen LogP contribution in [0.15, 0.2) is 0 Å². The van der Waals surface area contributed by atoms with Crippen LogP contribution in [0.2, 0.25) is 6.04 Å². The number of halogens is 2. The molecule has 6 heteroatoms. The van der Waals surface area contributed by atoms with Gasteiger partial charge in [-0.1, -0.05) is 6.92 Å². The molecule has 10 heavy (non-hydrogen) atoms. The molecule has 0 aliphatic heterocycles. The molecule has 60 valence electrons. The molecule has 0 radical (unpaired) electrons. The fourth-order valence-electron chi connectivity index (χ4n) is 0.633. The summed E-state index contributed by atoms with van der Waals surface area (Å²) in [6.45, 7) is 1.76. The molecular formula is C4H9Cl2NO2Si. The molecule has 0 N–H and O–H groups in total. The van der Waals surface area contributed by atoms with E-state index in [9.17, 15) is 10.1 Å². The van der Waals surface area contributed by atoms with E-state index in [1.54, 1.807) is 6.92 Å². The van der Waals surface area contributed by atoms with Crippen LogP contribution in [0, 0.1) is 16.0 Å². The van der Waals surface area contributed by atoms with Crippen molar-refractivity contribution < 1.29 is 4.92 Å². The van der Waals surface area contributed by atoms with Gasteiger partial charge in [-0.25, -0.2) is 0 Å². The summed E-state index contributed by atoms with van der Waals surface area (Å²) in [6, 6.07) is 0.615. The summed E-state index contributed by atoms with van der Waals surface area (Å²) in [5.41, 5.74) is 0. The maximum atomic E-state index is 9.93. The lowest BCUT2D eigenvalue weighted by atomic mass is 10.2. The van der Waals surface area contributed by atoms with Gasteiger partial charge < -0.3 is 0 Å². The van der Waals surface area contributed by atoms with E-state index in [2.05, 4.69) is 0 Å². The second-order valence-electron chi connectivity index (χ2n) is 2.25. The summed E-state index contributed by atoms with van der Waals surface area (Å²) in [5, 5.41) is 9.93. The first-order chi connectivity index (χ1) is 4.52. The van der Waals surface area contributed by atoms with Gasteiger partial charge in [0.1, 0.15) is 0 Å². The third-order valence-corrected chi connectivity index (χ3v) is 3.27. The molecule has 0 aliphatic rings. The Morgan fingerprint density at radius 3 is 2.50 bits per heavy atom. The van der Waals surface area contributed by atoms with Crippen LogP contribution in [-0.4, -0.2) is 18.9 Å². The number of nitro groups is 1. The number of nitrogens with zero attached hydrogens (tertiary/aromatic N) is 1. The van der Waals surface area contributed by atoms with Gasteiger partial charge in [-0.15, -0.1) is 0 Å². The van der Waals surface area contributed by atoms with Crippen LogP contribution in [0.1, 0.15) is 6.92 Å². The van der Waals surface area contributed by atoms with E-state index in [1.807, 2.05) is 0 Å². The van der Waals surface area contributed by atoms with Crippen molar-refractivity contribution in [2.75, 3.05) is 6.54 Å². The standard InChI is InChI=1S/C4H9Cl2NO2Si/c1-4(2-7(8)9)3-10(5)6/h4,10H,2-3H2,1H3. The van der Waals surface area contributed by atoms with Crippen molar-refractivity contribution in [3.63, 3.8) is 0 Å². The normalized spacial score (nSPS) is 13.6. The van der Waals surface area contributed by atoms with Gasteiger partial charge in [0, 0.05) is 10.8 Å². The molecule has 0 aliphatic carbocycles. The summed E-state index contributed by atoms with van der Waals surface area (Å²) in [5.74, 6) is 0.0154. The molecule has 0 spiro atoms. The minimum Gasteiger partial charge on any atom is -0.265 e. The molecule has 0 aromatic heterocycles. The van der Waals surface area contributed by atoms with Gasteiger partial charge in [0.2, 0.25) is 14.0 Å². The van der Waals surface area contributed by atoms with Crippen molar-refractivity contribution in [3.05, 3.63) is 10.1 Å². The van der Waals surface area contributed by atoms with Crippen LogP contribution < -0.4 is 0 Å². The number of hydrogen-bond acceptors (Lipinski definition) is 2. The molecule has 3 nitrogen and oxygen atoms in total. The summed E-state index contributed by atoms with van der Waals surface area (Å²) in [7, 11) is -1.65. The first-order valence-corrected chi connectivity index (χ1v) is 7.23. The quantitative estimate of drug-likeness (QED) is 0.300. The van der Waals surface area contributed by atoms with E-state index in [0.717, 1.165) is 0 Å². The average Bonchev–Trinajstić information content (AvgIpc) is 1.58. The van der Waals surface area contributed by atoms with Crippen LogP contribution >= 0.6 is 22.2 Å². The maximum Gasteiger partial charge on any atom is 0.237 e. The highest BCUT2D eigenvalue weighted by molar-refractivity contribution is 7.33. The van der Waals surface area contributed by atoms with Crippen molar-refractivity contribution >= 4 is 29.6 Å². The van der Waals surface area contributed by atoms with E-state index in [1.165, 1.54) is 0 Å². The molecule has 0 bridgehead atoms. The molecule has 0 heterocycles. The van der Waals surface area contributed by atoms with E-state index < -0.39 is 7.42 Å². The van der Waals surface area contributed by atoms with E-state index >= 15 is 0 Å². The molecule has 1 atom stereocenters. The Hall–Kier alpha value is 0.197. The summed E-state index contributed by atoms with van der Waals surface area (Å²) < 4.78 is 0. The molecule has 1 unspecified atom stereocenters. The van der Waals surface area contributed by atoms with Crippen LogP contribution in [0.25, 0.3) is 0 Å².